The topological polar surface area (TPSA) is 36.7 Å². The van der Waals surface area contributed by atoms with E-state index in [-0.39, 0.29) is 5.91 Å². The maximum Gasteiger partial charge on any atom is 0.254 e. The highest BCUT2D eigenvalue weighted by Crippen LogP contribution is 2.14. The zero-order valence-electron chi connectivity index (χ0n) is 11.5. The maximum absolute atomic E-state index is 12.2. The molecule has 1 amide bonds. The van der Waals surface area contributed by atoms with Crippen LogP contribution in [0.3, 0.4) is 0 Å². The summed E-state index contributed by atoms with van der Waals surface area (Å²) in [5.41, 5.74) is 1.75. The fourth-order valence-electron chi connectivity index (χ4n) is 1.83. The summed E-state index contributed by atoms with van der Waals surface area (Å²) in [5, 5.41) is 0. The number of carbonyl (C=O) groups excluding carboxylic acids is 1. The van der Waals surface area contributed by atoms with E-state index in [1.807, 2.05) is 55.4 Å². The molecule has 0 saturated heterocycles. The Morgan fingerprint density at radius 1 is 1.11 bits per heavy atom. The maximum atomic E-state index is 12.2. The molecule has 0 aliphatic heterocycles. The molecule has 4 heteroatoms. The Hall–Kier alpha value is -2.23. The van der Waals surface area contributed by atoms with Crippen molar-refractivity contribution in [3.8, 4) is 0 Å². The number of anilines is 1. The summed E-state index contributed by atoms with van der Waals surface area (Å²) in [5.74, 6) is 0.766. The van der Waals surface area contributed by atoms with Crippen molar-refractivity contribution in [1.82, 2.24) is 4.90 Å². The third-order valence-corrected chi connectivity index (χ3v) is 2.95. The average Bonchev–Trinajstić information content (AvgIpc) is 2.90. The molecule has 0 aliphatic carbocycles. The van der Waals surface area contributed by atoms with Crippen molar-refractivity contribution in [3.05, 3.63) is 54.0 Å². The van der Waals surface area contributed by atoms with Crippen LogP contribution in [0.1, 0.15) is 16.1 Å². The van der Waals surface area contributed by atoms with Gasteiger partial charge >= 0.3 is 0 Å². The molecular weight excluding hydrogens is 240 g/mol. The van der Waals surface area contributed by atoms with Crippen molar-refractivity contribution in [2.24, 2.45) is 0 Å². The average molecular weight is 258 g/mol. The molecule has 0 fully saturated rings. The second kappa shape index (κ2) is 5.61. The first-order valence-corrected chi connectivity index (χ1v) is 6.13. The van der Waals surface area contributed by atoms with Crippen LogP contribution < -0.4 is 4.90 Å². The van der Waals surface area contributed by atoms with Crippen molar-refractivity contribution < 1.29 is 9.21 Å². The Balaban J connectivity index is 2.06. The van der Waals surface area contributed by atoms with Crippen LogP contribution in [-0.2, 0) is 6.54 Å². The van der Waals surface area contributed by atoms with Gasteiger partial charge in [-0.25, -0.2) is 0 Å². The van der Waals surface area contributed by atoms with Gasteiger partial charge in [0.1, 0.15) is 5.76 Å². The second-order valence-corrected chi connectivity index (χ2v) is 4.68. The molecule has 19 heavy (non-hydrogen) atoms. The second-order valence-electron chi connectivity index (χ2n) is 4.68. The largest absolute Gasteiger partial charge is 0.467 e. The van der Waals surface area contributed by atoms with Crippen LogP contribution in [0.2, 0.25) is 0 Å². The molecule has 2 aromatic rings. The van der Waals surface area contributed by atoms with Gasteiger partial charge in [0.25, 0.3) is 5.91 Å². The lowest BCUT2D eigenvalue weighted by atomic mass is 10.1. The van der Waals surface area contributed by atoms with Crippen molar-refractivity contribution in [1.29, 1.82) is 0 Å². The Morgan fingerprint density at radius 3 is 2.32 bits per heavy atom. The van der Waals surface area contributed by atoms with Crippen LogP contribution in [0.4, 0.5) is 5.69 Å². The third kappa shape index (κ3) is 3.16. The molecule has 1 aromatic heterocycles. The number of furan rings is 1. The van der Waals surface area contributed by atoms with Gasteiger partial charge in [-0.15, -0.1) is 0 Å². The van der Waals surface area contributed by atoms with Gasteiger partial charge in [0, 0.05) is 32.4 Å². The first kappa shape index (κ1) is 13.2. The summed E-state index contributed by atoms with van der Waals surface area (Å²) < 4.78 is 5.24. The van der Waals surface area contributed by atoms with E-state index in [4.69, 9.17) is 4.42 Å². The monoisotopic (exact) mass is 258 g/mol. The van der Waals surface area contributed by atoms with Gasteiger partial charge in [0.2, 0.25) is 0 Å². The molecule has 1 heterocycles. The van der Waals surface area contributed by atoms with Crippen LogP contribution >= 0.6 is 0 Å². The Bertz CT molecular complexity index is 530. The van der Waals surface area contributed by atoms with Gasteiger partial charge in [0.15, 0.2) is 0 Å². The molecular formula is C15H18N2O2. The van der Waals surface area contributed by atoms with Crippen LogP contribution in [0.15, 0.2) is 47.1 Å². The number of hydrogen-bond acceptors (Lipinski definition) is 3. The summed E-state index contributed by atoms with van der Waals surface area (Å²) in [6.45, 7) is 0.473. The predicted molar refractivity (Wildman–Crippen MR) is 75.3 cm³/mol. The van der Waals surface area contributed by atoms with Crippen molar-refractivity contribution in [3.63, 3.8) is 0 Å². The number of benzene rings is 1. The smallest absolute Gasteiger partial charge is 0.254 e. The quantitative estimate of drug-likeness (QED) is 0.846. The predicted octanol–water partition coefficient (Wildman–Crippen LogP) is 2.62. The van der Waals surface area contributed by atoms with E-state index >= 15 is 0 Å². The van der Waals surface area contributed by atoms with Crippen molar-refractivity contribution in [2.45, 2.75) is 6.54 Å². The van der Waals surface area contributed by atoms with Crippen molar-refractivity contribution >= 4 is 11.6 Å². The van der Waals surface area contributed by atoms with E-state index in [0.29, 0.717) is 12.1 Å². The van der Waals surface area contributed by atoms with Crippen LogP contribution in [0, 0.1) is 0 Å². The van der Waals surface area contributed by atoms with Gasteiger partial charge < -0.3 is 14.2 Å². The molecule has 4 nitrogen and oxygen atoms in total. The molecule has 0 unspecified atom stereocenters. The van der Waals surface area contributed by atoms with Gasteiger partial charge in [-0.2, -0.15) is 0 Å². The minimum absolute atomic E-state index is 0.0123. The highest BCUT2D eigenvalue weighted by Gasteiger charge is 2.13. The van der Waals surface area contributed by atoms with Crippen LogP contribution in [0.25, 0.3) is 0 Å². The first-order chi connectivity index (χ1) is 9.08. The number of nitrogens with zero attached hydrogens (tertiary/aromatic N) is 2. The van der Waals surface area contributed by atoms with E-state index in [1.54, 1.807) is 18.2 Å². The highest BCUT2D eigenvalue weighted by molar-refractivity contribution is 5.94. The number of rotatable bonds is 4. The SMILES string of the molecule is CN(Cc1ccco1)C(=O)c1ccc(N(C)C)cc1. The van der Waals surface area contributed by atoms with E-state index in [1.165, 1.54) is 0 Å². The summed E-state index contributed by atoms with van der Waals surface area (Å²) in [7, 11) is 5.71. The summed E-state index contributed by atoms with van der Waals surface area (Å²) in [4.78, 5) is 15.9. The highest BCUT2D eigenvalue weighted by atomic mass is 16.3. The molecule has 0 N–H and O–H groups in total. The fraction of sp³-hybridized carbons (Fsp3) is 0.267. The van der Waals surface area contributed by atoms with E-state index in [9.17, 15) is 4.79 Å². The molecule has 100 valence electrons. The molecule has 0 atom stereocenters. The molecule has 1 aromatic carbocycles. The fourth-order valence-corrected chi connectivity index (χ4v) is 1.83. The zero-order chi connectivity index (χ0) is 13.8. The zero-order valence-corrected chi connectivity index (χ0v) is 11.5. The number of hydrogen-bond donors (Lipinski definition) is 0. The minimum Gasteiger partial charge on any atom is -0.467 e. The first-order valence-electron chi connectivity index (χ1n) is 6.13. The third-order valence-electron chi connectivity index (χ3n) is 2.95. The standard InChI is InChI=1S/C15H18N2O2/c1-16(2)13-8-6-12(7-9-13)15(18)17(3)11-14-5-4-10-19-14/h4-10H,11H2,1-3H3. The van der Waals surface area contributed by atoms with Gasteiger partial charge in [-0.05, 0) is 36.4 Å². The molecule has 0 saturated carbocycles. The number of carbonyl (C=O) groups is 1. The van der Waals surface area contributed by atoms with Crippen LogP contribution in [-0.4, -0.2) is 32.0 Å². The lowest BCUT2D eigenvalue weighted by Gasteiger charge is -2.17. The lowest BCUT2D eigenvalue weighted by molar-refractivity contribution is 0.0775. The summed E-state index contributed by atoms with van der Waals surface area (Å²) in [6.07, 6.45) is 1.61. The van der Waals surface area contributed by atoms with Crippen molar-refractivity contribution in [2.75, 3.05) is 26.0 Å². The molecule has 0 radical (unpaired) electrons. The minimum atomic E-state index is -0.0123. The molecule has 0 aliphatic rings. The molecule has 2 rings (SSSR count). The normalized spacial score (nSPS) is 10.3. The van der Waals surface area contributed by atoms with Gasteiger partial charge in [0.05, 0.1) is 12.8 Å². The Morgan fingerprint density at radius 2 is 1.79 bits per heavy atom. The summed E-state index contributed by atoms with van der Waals surface area (Å²) in [6, 6.07) is 11.2. The van der Waals surface area contributed by atoms with E-state index in [2.05, 4.69) is 0 Å². The number of amides is 1. The van der Waals surface area contributed by atoms with E-state index in [0.717, 1.165) is 11.4 Å². The lowest BCUT2D eigenvalue weighted by Crippen LogP contribution is -2.26. The molecule has 0 bridgehead atoms. The van der Waals surface area contributed by atoms with Crippen LogP contribution in [0.5, 0.6) is 0 Å². The Kier molecular flexibility index (Phi) is 3.90. The van der Waals surface area contributed by atoms with E-state index < -0.39 is 0 Å². The van der Waals surface area contributed by atoms with Gasteiger partial charge in [-0.3, -0.25) is 4.79 Å². The summed E-state index contributed by atoms with van der Waals surface area (Å²) >= 11 is 0. The molecule has 0 spiro atoms. The Labute approximate surface area is 113 Å². The van der Waals surface area contributed by atoms with Gasteiger partial charge in [-0.1, -0.05) is 0 Å².